The van der Waals surface area contributed by atoms with Gasteiger partial charge in [-0.3, -0.25) is 4.99 Å². The van der Waals surface area contributed by atoms with Gasteiger partial charge in [-0.15, -0.1) is 0 Å². The van der Waals surface area contributed by atoms with Crippen molar-refractivity contribution in [2.75, 3.05) is 13.7 Å². The van der Waals surface area contributed by atoms with E-state index in [9.17, 15) is 0 Å². The summed E-state index contributed by atoms with van der Waals surface area (Å²) in [6, 6.07) is 12.8. The predicted molar refractivity (Wildman–Crippen MR) is 131 cm³/mol. The van der Waals surface area contributed by atoms with Crippen molar-refractivity contribution in [2.24, 2.45) is 4.99 Å². The van der Waals surface area contributed by atoms with Crippen LogP contribution in [0.25, 0.3) is 0 Å². The lowest BCUT2D eigenvalue weighted by Crippen LogP contribution is -2.36. The number of aryl methyl sites for hydroxylation is 1. The lowest BCUT2D eigenvalue weighted by atomic mass is 10.1. The van der Waals surface area contributed by atoms with E-state index in [0.717, 1.165) is 41.8 Å². The van der Waals surface area contributed by atoms with Gasteiger partial charge in [0.1, 0.15) is 23.4 Å². The standard InChI is InChI=1S/C26H33N5O2/c1-5-32-24-13-22-11-18(2)33-25(22)14-23(24)16-30-26(27-4)29-15-20-7-6-8-21(12-20)17-31-10-9-28-19(31)3/h6-10,12-14,18H,5,11,15-17H2,1-4H3,(H2,27,29,30). The summed E-state index contributed by atoms with van der Waals surface area (Å²) in [4.78, 5) is 8.68. The molecule has 1 aliphatic rings. The number of ether oxygens (including phenoxy) is 2. The maximum absolute atomic E-state index is 5.94. The van der Waals surface area contributed by atoms with E-state index in [0.29, 0.717) is 19.7 Å². The Labute approximate surface area is 195 Å². The largest absolute Gasteiger partial charge is 0.494 e. The van der Waals surface area contributed by atoms with E-state index in [1.54, 1.807) is 7.05 Å². The molecule has 3 aromatic rings. The van der Waals surface area contributed by atoms with E-state index in [4.69, 9.17) is 9.47 Å². The van der Waals surface area contributed by atoms with Crippen LogP contribution >= 0.6 is 0 Å². The lowest BCUT2D eigenvalue weighted by Gasteiger charge is -2.16. The predicted octanol–water partition coefficient (Wildman–Crippen LogP) is 3.83. The molecule has 1 unspecified atom stereocenters. The number of imidazole rings is 1. The molecule has 1 aromatic heterocycles. The number of rotatable bonds is 8. The van der Waals surface area contributed by atoms with Gasteiger partial charge in [-0.25, -0.2) is 4.98 Å². The van der Waals surface area contributed by atoms with E-state index < -0.39 is 0 Å². The SMILES string of the molecule is CCOc1cc2c(cc1CNC(=NC)NCc1cccc(Cn3ccnc3C)c1)OC(C)C2. The Bertz CT molecular complexity index is 1120. The van der Waals surface area contributed by atoms with Crippen LogP contribution in [0.1, 0.15) is 41.9 Å². The summed E-state index contributed by atoms with van der Waals surface area (Å²) >= 11 is 0. The number of hydrogen-bond acceptors (Lipinski definition) is 4. The summed E-state index contributed by atoms with van der Waals surface area (Å²) < 4.78 is 14.0. The molecular formula is C26H33N5O2. The molecule has 0 radical (unpaired) electrons. The molecular weight excluding hydrogens is 414 g/mol. The summed E-state index contributed by atoms with van der Waals surface area (Å²) in [6.45, 7) is 8.84. The van der Waals surface area contributed by atoms with Crippen molar-refractivity contribution in [3.05, 3.63) is 76.9 Å². The van der Waals surface area contributed by atoms with Crippen molar-refractivity contribution >= 4 is 5.96 Å². The smallest absolute Gasteiger partial charge is 0.191 e. The van der Waals surface area contributed by atoms with Crippen LogP contribution in [0.5, 0.6) is 11.5 Å². The molecule has 174 valence electrons. The van der Waals surface area contributed by atoms with Crippen LogP contribution in [-0.2, 0) is 26.1 Å². The van der Waals surface area contributed by atoms with Crippen LogP contribution in [0.2, 0.25) is 0 Å². The number of hydrogen-bond donors (Lipinski definition) is 2. The van der Waals surface area contributed by atoms with Gasteiger partial charge in [-0.2, -0.15) is 0 Å². The topological polar surface area (TPSA) is 72.7 Å². The molecule has 2 heterocycles. The monoisotopic (exact) mass is 447 g/mol. The van der Waals surface area contributed by atoms with Crippen molar-refractivity contribution in [1.82, 2.24) is 20.2 Å². The lowest BCUT2D eigenvalue weighted by molar-refractivity contribution is 0.254. The van der Waals surface area contributed by atoms with Gasteiger partial charge in [0.2, 0.25) is 0 Å². The summed E-state index contributed by atoms with van der Waals surface area (Å²) in [7, 11) is 1.78. The van der Waals surface area contributed by atoms with Crippen LogP contribution in [0.15, 0.2) is 53.8 Å². The molecule has 33 heavy (non-hydrogen) atoms. The minimum atomic E-state index is 0.209. The summed E-state index contributed by atoms with van der Waals surface area (Å²) in [6.07, 6.45) is 4.97. The average Bonchev–Trinajstić information content (AvgIpc) is 3.38. The van der Waals surface area contributed by atoms with Gasteiger partial charge in [-0.05, 0) is 44.0 Å². The number of aliphatic imine (C=N–C) groups is 1. The van der Waals surface area contributed by atoms with Gasteiger partial charge in [0.25, 0.3) is 0 Å². The highest BCUT2D eigenvalue weighted by molar-refractivity contribution is 5.79. The van der Waals surface area contributed by atoms with Gasteiger partial charge < -0.3 is 24.7 Å². The van der Waals surface area contributed by atoms with Gasteiger partial charge >= 0.3 is 0 Å². The molecule has 1 atom stereocenters. The van der Waals surface area contributed by atoms with E-state index in [-0.39, 0.29) is 6.10 Å². The fourth-order valence-corrected chi connectivity index (χ4v) is 4.10. The van der Waals surface area contributed by atoms with E-state index in [1.165, 1.54) is 16.7 Å². The zero-order valence-corrected chi connectivity index (χ0v) is 19.9. The van der Waals surface area contributed by atoms with Crippen LogP contribution in [0.3, 0.4) is 0 Å². The van der Waals surface area contributed by atoms with E-state index in [1.807, 2.05) is 26.2 Å². The first-order valence-electron chi connectivity index (χ1n) is 11.5. The van der Waals surface area contributed by atoms with Gasteiger partial charge in [0.15, 0.2) is 5.96 Å². The van der Waals surface area contributed by atoms with Crippen LogP contribution in [-0.4, -0.2) is 35.3 Å². The first kappa shape index (κ1) is 22.7. The molecule has 7 heteroatoms. The van der Waals surface area contributed by atoms with Gasteiger partial charge in [0.05, 0.1) is 6.61 Å². The summed E-state index contributed by atoms with van der Waals surface area (Å²) in [5.74, 6) is 3.61. The molecule has 0 spiro atoms. The first-order valence-corrected chi connectivity index (χ1v) is 11.5. The number of nitrogens with zero attached hydrogens (tertiary/aromatic N) is 3. The second-order valence-electron chi connectivity index (χ2n) is 8.33. The van der Waals surface area contributed by atoms with E-state index >= 15 is 0 Å². The zero-order chi connectivity index (χ0) is 23.2. The highest BCUT2D eigenvalue weighted by Crippen LogP contribution is 2.35. The Kier molecular flexibility index (Phi) is 7.17. The summed E-state index contributed by atoms with van der Waals surface area (Å²) in [5.41, 5.74) is 4.71. The number of guanidine groups is 1. The molecule has 0 aliphatic carbocycles. The van der Waals surface area contributed by atoms with Gasteiger partial charge in [-0.1, -0.05) is 24.3 Å². The third-order valence-corrected chi connectivity index (χ3v) is 5.78. The quantitative estimate of drug-likeness (QED) is 0.406. The molecule has 0 amide bonds. The van der Waals surface area contributed by atoms with Crippen molar-refractivity contribution in [1.29, 1.82) is 0 Å². The summed E-state index contributed by atoms with van der Waals surface area (Å²) in [5, 5.41) is 6.82. The van der Waals surface area contributed by atoms with Crippen molar-refractivity contribution in [3.63, 3.8) is 0 Å². The molecule has 1 aliphatic heterocycles. The fraction of sp³-hybridized carbons (Fsp3) is 0.385. The van der Waals surface area contributed by atoms with Crippen molar-refractivity contribution in [2.45, 2.75) is 52.9 Å². The minimum absolute atomic E-state index is 0.209. The third-order valence-electron chi connectivity index (χ3n) is 5.78. The van der Waals surface area contributed by atoms with Crippen LogP contribution in [0, 0.1) is 6.92 Å². The average molecular weight is 448 g/mol. The number of fused-ring (bicyclic) bond motifs is 1. The van der Waals surface area contributed by atoms with Gasteiger partial charge in [0, 0.05) is 56.6 Å². The van der Waals surface area contributed by atoms with Crippen molar-refractivity contribution < 1.29 is 9.47 Å². The Morgan fingerprint density at radius 1 is 1.21 bits per heavy atom. The maximum atomic E-state index is 5.94. The zero-order valence-electron chi connectivity index (χ0n) is 19.9. The fourth-order valence-electron chi connectivity index (χ4n) is 4.10. The maximum Gasteiger partial charge on any atom is 0.191 e. The third kappa shape index (κ3) is 5.66. The number of aromatic nitrogens is 2. The first-order chi connectivity index (χ1) is 16.1. The molecule has 4 rings (SSSR count). The van der Waals surface area contributed by atoms with Crippen LogP contribution in [0.4, 0.5) is 0 Å². The number of benzene rings is 2. The molecule has 7 nitrogen and oxygen atoms in total. The molecule has 0 saturated carbocycles. The molecule has 0 bridgehead atoms. The highest BCUT2D eigenvalue weighted by Gasteiger charge is 2.22. The molecule has 0 fully saturated rings. The Hall–Kier alpha value is -3.48. The Morgan fingerprint density at radius 2 is 2.03 bits per heavy atom. The molecule has 0 saturated heterocycles. The normalized spacial score (nSPS) is 15.2. The van der Waals surface area contributed by atoms with Crippen molar-refractivity contribution in [3.8, 4) is 11.5 Å². The highest BCUT2D eigenvalue weighted by atomic mass is 16.5. The molecule has 2 aromatic carbocycles. The Balaban J connectivity index is 1.37. The minimum Gasteiger partial charge on any atom is -0.494 e. The second kappa shape index (κ2) is 10.4. The second-order valence-corrected chi connectivity index (χ2v) is 8.33. The van der Waals surface area contributed by atoms with E-state index in [2.05, 4.69) is 68.5 Å². The molecule has 2 N–H and O–H groups in total. The van der Waals surface area contributed by atoms with Crippen LogP contribution < -0.4 is 20.1 Å². The Morgan fingerprint density at radius 3 is 2.79 bits per heavy atom. The number of nitrogens with one attached hydrogen (secondary N) is 2.